The van der Waals surface area contributed by atoms with Gasteiger partial charge in [-0.25, -0.2) is 8.42 Å². The van der Waals surface area contributed by atoms with Crippen LogP contribution in [0.15, 0.2) is 41.4 Å². The number of nitrogens with zero attached hydrogens (tertiary/aromatic N) is 1. The van der Waals surface area contributed by atoms with E-state index in [-0.39, 0.29) is 4.90 Å². The van der Waals surface area contributed by atoms with Gasteiger partial charge in [0.15, 0.2) is 0 Å². The third-order valence-corrected chi connectivity index (χ3v) is 3.57. The molecule has 2 N–H and O–H groups in total. The molecular weight excluding hydrogens is 254 g/mol. The first-order valence-corrected chi connectivity index (χ1v) is 6.85. The SMILES string of the molecule is CCOc1ccc(S(=O)(=O)Nc2ccn[nH]2)cc1. The lowest BCUT2D eigenvalue weighted by atomic mass is 10.3. The second-order valence-corrected chi connectivity index (χ2v) is 5.16. The molecule has 18 heavy (non-hydrogen) atoms. The van der Waals surface area contributed by atoms with E-state index in [1.165, 1.54) is 24.4 Å². The van der Waals surface area contributed by atoms with Crippen molar-refractivity contribution in [1.82, 2.24) is 10.2 Å². The minimum Gasteiger partial charge on any atom is -0.494 e. The zero-order valence-electron chi connectivity index (χ0n) is 9.75. The molecule has 0 saturated carbocycles. The number of nitrogens with one attached hydrogen (secondary N) is 2. The monoisotopic (exact) mass is 267 g/mol. The minimum atomic E-state index is -3.59. The molecule has 0 aliphatic rings. The maximum absolute atomic E-state index is 12.0. The zero-order valence-corrected chi connectivity index (χ0v) is 10.6. The van der Waals surface area contributed by atoms with Crippen molar-refractivity contribution in [3.8, 4) is 5.75 Å². The van der Waals surface area contributed by atoms with Crippen LogP contribution in [0.5, 0.6) is 5.75 Å². The zero-order chi connectivity index (χ0) is 13.0. The predicted octanol–water partition coefficient (Wildman–Crippen LogP) is 1.61. The van der Waals surface area contributed by atoms with Crippen LogP contribution in [0.4, 0.5) is 5.82 Å². The normalized spacial score (nSPS) is 11.2. The highest BCUT2D eigenvalue weighted by Crippen LogP contribution is 2.18. The van der Waals surface area contributed by atoms with Gasteiger partial charge in [-0.05, 0) is 31.2 Å². The Morgan fingerprint density at radius 3 is 2.56 bits per heavy atom. The molecule has 0 aliphatic heterocycles. The number of ether oxygens (including phenoxy) is 1. The first-order chi connectivity index (χ1) is 8.62. The van der Waals surface area contributed by atoms with Gasteiger partial charge in [-0.15, -0.1) is 0 Å². The average molecular weight is 267 g/mol. The number of aromatic amines is 1. The second kappa shape index (κ2) is 5.09. The van der Waals surface area contributed by atoms with E-state index in [0.29, 0.717) is 18.2 Å². The molecule has 1 heterocycles. The summed E-state index contributed by atoms with van der Waals surface area (Å²) < 4.78 is 31.6. The lowest BCUT2D eigenvalue weighted by Gasteiger charge is -2.07. The number of aromatic nitrogens is 2. The van der Waals surface area contributed by atoms with E-state index in [4.69, 9.17) is 4.74 Å². The summed E-state index contributed by atoms with van der Waals surface area (Å²) in [4.78, 5) is 0.167. The fourth-order valence-electron chi connectivity index (χ4n) is 1.40. The number of hydrogen-bond donors (Lipinski definition) is 2. The molecule has 0 aliphatic carbocycles. The van der Waals surface area contributed by atoms with Crippen LogP contribution in [-0.2, 0) is 10.0 Å². The van der Waals surface area contributed by atoms with Gasteiger partial charge in [-0.1, -0.05) is 0 Å². The Bertz CT molecular complexity index is 591. The van der Waals surface area contributed by atoms with Crippen molar-refractivity contribution >= 4 is 15.8 Å². The van der Waals surface area contributed by atoms with Gasteiger partial charge in [0.25, 0.3) is 10.0 Å². The summed E-state index contributed by atoms with van der Waals surface area (Å²) >= 11 is 0. The molecule has 0 spiro atoms. The first kappa shape index (κ1) is 12.4. The second-order valence-electron chi connectivity index (χ2n) is 3.48. The van der Waals surface area contributed by atoms with Crippen LogP contribution in [0.25, 0.3) is 0 Å². The van der Waals surface area contributed by atoms with Crippen LogP contribution < -0.4 is 9.46 Å². The summed E-state index contributed by atoms with van der Waals surface area (Å²) in [6.07, 6.45) is 1.47. The molecule has 0 saturated heterocycles. The number of hydrogen-bond acceptors (Lipinski definition) is 4. The molecular formula is C11H13N3O3S. The summed E-state index contributed by atoms with van der Waals surface area (Å²) in [5.74, 6) is 0.960. The number of anilines is 1. The van der Waals surface area contributed by atoms with Crippen LogP contribution in [0, 0.1) is 0 Å². The molecule has 0 atom stereocenters. The molecule has 96 valence electrons. The van der Waals surface area contributed by atoms with Crippen molar-refractivity contribution < 1.29 is 13.2 Å². The molecule has 1 aromatic carbocycles. The molecule has 7 heteroatoms. The predicted molar refractivity (Wildman–Crippen MR) is 67.0 cm³/mol. The standard InChI is InChI=1S/C11H13N3O3S/c1-2-17-9-3-5-10(6-4-9)18(15,16)14-11-7-8-12-13-11/h3-8H,2H2,1H3,(H2,12,13,14). The molecule has 0 unspecified atom stereocenters. The maximum atomic E-state index is 12.0. The van der Waals surface area contributed by atoms with Gasteiger partial charge in [0, 0.05) is 6.07 Å². The van der Waals surface area contributed by atoms with Crippen molar-refractivity contribution in [3.63, 3.8) is 0 Å². The molecule has 6 nitrogen and oxygen atoms in total. The topological polar surface area (TPSA) is 84.1 Å². The first-order valence-electron chi connectivity index (χ1n) is 5.37. The van der Waals surface area contributed by atoms with Gasteiger partial charge in [0.2, 0.25) is 0 Å². The molecule has 1 aromatic heterocycles. The van der Waals surface area contributed by atoms with Crippen molar-refractivity contribution in [3.05, 3.63) is 36.5 Å². The van der Waals surface area contributed by atoms with E-state index in [9.17, 15) is 8.42 Å². The molecule has 0 amide bonds. The lowest BCUT2D eigenvalue weighted by molar-refractivity contribution is 0.340. The van der Waals surface area contributed by atoms with E-state index in [0.717, 1.165) is 0 Å². The van der Waals surface area contributed by atoms with Crippen molar-refractivity contribution in [2.45, 2.75) is 11.8 Å². The molecule has 0 radical (unpaired) electrons. The van der Waals surface area contributed by atoms with Crippen molar-refractivity contribution in [2.24, 2.45) is 0 Å². The van der Waals surface area contributed by atoms with Crippen LogP contribution >= 0.6 is 0 Å². The largest absolute Gasteiger partial charge is 0.494 e. The summed E-state index contributed by atoms with van der Waals surface area (Å²) in [5.41, 5.74) is 0. The van der Waals surface area contributed by atoms with E-state index in [1.807, 2.05) is 6.92 Å². The van der Waals surface area contributed by atoms with Crippen molar-refractivity contribution in [1.29, 1.82) is 0 Å². The highest BCUT2D eigenvalue weighted by atomic mass is 32.2. The van der Waals surface area contributed by atoms with Gasteiger partial charge in [0.05, 0.1) is 17.7 Å². The summed E-state index contributed by atoms with van der Waals surface area (Å²) in [6, 6.07) is 7.75. The molecule has 0 bridgehead atoms. The Labute approximate surface area is 105 Å². The summed E-state index contributed by atoms with van der Waals surface area (Å²) in [6.45, 7) is 2.41. The van der Waals surface area contributed by atoms with Gasteiger partial charge < -0.3 is 4.74 Å². The number of rotatable bonds is 5. The van der Waals surface area contributed by atoms with Gasteiger partial charge >= 0.3 is 0 Å². The van der Waals surface area contributed by atoms with Crippen LogP contribution in [0.1, 0.15) is 6.92 Å². The van der Waals surface area contributed by atoms with Gasteiger partial charge in [-0.2, -0.15) is 5.10 Å². The number of H-pyrrole nitrogens is 1. The number of sulfonamides is 1. The van der Waals surface area contributed by atoms with Crippen molar-refractivity contribution in [2.75, 3.05) is 11.3 Å². The maximum Gasteiger partial charge on any atom is 0.263 e. The number of benzene rings is 1. The van der Waals surface area contributed by atoms with Crippen LogP contribution in [0.2, 0.25) is 0 Å². The summed E-state index contributed by atoms with van der Waals surface area (Å²) in [7, 11) is -3.59. The van der Waals surface area contributed by atoms with Gasteiger partial charge in [-0.3, -0.25) is 9.82 Å². The van der Waals surface area contributed by atoms with E-state index in [2.05, 4.69) is 14.9 Å². The molecule has 0 fully saturated rings. The Morgan fingerprint density at radius 2 is 2.00 bits per heavy atom. The highest BCUT2D eigenvalue weighted by molar-refractivity contribution is 7.92. The van der Waals surface area contributed by atoms with E-state index >= 15 is 0 Å². The fraction of sp³-hybridized carbons (Fsp3) is 0.182. The minimum absolute atomic E-state index is 0.167. The Kier molecular flexibility index (Phi) is 3.52. The third kappa shape index (κ3) is 2.80. The smallest absolute Gasteiger partial charge is 0.263 e. The Balaban J connectivity index is 2.19. The third-order valence-electron chi connectivity index (χ3n) is 2.19. The Morgan fingerprint density at radius 1 is 1.28 bits per heavy atom. The fourth-order valence-corrected chi connectivity index (χ4v) is 2.41. The quantitative estimate of drug-likeness (QED) is 0.862. The lowest BCUT2D eigenvalue weighted by Crippen LogP contribution is -2.13. The van der Waals surface area contributed by atoms with Crippen LogP contribution in [0.3, 0.4) is 0 Å². The molecule has 2 rings (SSSR count). The molecule has 2 aromatic rings. The van der Waals surface area contributed by atoms with E-state index in [1.54, 1.807) is 12.1 Å². The highest BCUT2D eigenvalue weighted by Gasteiger charge is 2.14. The average Bonchev–Trinajstić information content (AvgIpc) is 2.82. The summed E-state index contributed by atoms with van der Waals surface area (Å²) in [5, 5.41) is 6.20. The van der Waals surface area contributed by atoms with Gasteiger partial charge in [0.1, 0.15) is 11.6 Å². The Hall–Kier alpha value is -2.02. The van der Waals surface area contributed by atoms with E-state index < -0.39 is 10.0 Å². The van der Waals surface area contributed by atoms with Crippen LogP contribution in [-0.4, -0.2) is 25.2 Å².